The molecule has 4 N–H and O–H groups in total. The highest BCUT2D eigenvalue weighted by Crippen LogP contribution is 2.16. The summed E-state index contributed by atoms with van der Waals surface area (Å²) in [5, 5.41) is 25.1. The van der Waals surface area contributed by atoms with E-state index in [0.29, 0.717) is 77.8 Å². The molecule has 52 heavy (non-hydrogen) atoms. The Morgan fingerprint density at radius 1 is 0.577 bits per heavy atom. The molecule has 2 rings (SSSR count). The number of benzene rings is 2. The van der Waals surface area contributed by atoms with Gasteiger partial charge in [-0.05, 0) is 115 Å². The number of ether oxygens (including phenoxy) is 2. The Morgan fingerprint density at radius 3 is 1.29 bits per heavy atom. The fourth-order valence-electron chi connectivity index (χ4n) is 5.31. The number of aromatic hydroxyl groups is 2. The Balaban J connectivity index is 1.75. The summed E-state index contributed by atoms with van der Waals surface area (Å²) < 4.78 is 11.3. The minimum absolute atomic E-state index is 0.0845. The average Bonchev–Trinajstić information content (AvgIpc) is 3.04. The van der Waals surface area contributed by atoms with E-state index in [2.05, 4.69) is 10.6 Å². The van der Waals surface area contributed by atoms with Crippen molar-refractivity contribution in [2.24, 2.45) is 0 Å². The molecule has 0 saturated carbocycles. The lowest BCUT2D eigenvalue weighted by molar-refractivity contribution is -0.121. The Bertz CT molecular complexity index is 1300. The summed E-state index contributed by atoms with van der Waals surface area (Å²) in [6.45, 7) is 13.8. The van der Waals surface area contributed by atoms with Crippen molar-refractivity contribution in [3.63, 3.8) is 0 Å². The molecule has 0 aromatic heterocycles. The van der Waals surface area contributed by atoms with Gasteiger partial charge in [0.2, 0.25) is 11.8 Å². The molecule has 0 unspecified atom stereocenters. The van der Waals surface area contributed by atoms with Crippen LogP contribution in [0.4, 0.5) is 9.59 Å². The number of phenols is 2. The molecule has 0 aliphatic carbocycles. The summed E-state index contributed by atoms with van der Waals surface area (Å²) in [4.78, 5) is 54.0. The topological polar surface area (TPSA) is 158 Å². The Hall–Kier alpha value is -4.48. The van der Waals surface area contributed by atoms with E-state index < -0.39 is 11.2 Å². The fourth-order valence-corrected chi connectivity index (χ4v) is 5.31. The van der Waals surface area contributed by atoms with Crippen LogP contribution in [0.15, 0.2) is 48.5 Å². The molecular weight excluding hydrogens is 664 g/mol. The number of nitrogens with one attached hydrogen (secondary N) is 2. The highest BCUT2D eigenvalue weighted by atomic mass is 16.6. The molecule has 12 heteroatoms. The van der Waals surface area contributed by atoms with Crippen molar-refractivity contribution in [3.8, 4) is 11.5 Å². The van der Waals surface area contributed by atoms with E-state index in [-0.39, 0.29) is 35.5 Å². The zero-order chi connectivity index (χ0) is 38.6. The monoisotopic (exact) mass is 726 g/mol. The van der Waals surface area contributed by atoms with Gasteiger partial charge in [0, 0.05) is 52.1 Å². The van der Waals surface area contributed by atoms with E-state index in [9.17, 15) is 29.4 Å². The molecule has 0 fully saturated rings. The van der Waals surface area contributed by atoms with Crippen LogP contribution in [0.1, 0.15) is 104 Å². The van der Waals surface area contributed by atoms with Gasteiger partial charge >= 0.3 is 12.2 Å². The third kappa shape index (κ3) is 20.4. The molecule has 2 aromatic carbocycles. The van der Waals surface area contributed by atoms with Crippen LogP contribution < -0.4 is 10.6 Å². The molecule has 0 aliphatic heterocycles. The van der Waals surface area contributed by atoms with Crippen LogP contribution in [0.2, 0.25) is 0 Å². The van der Waals surface area contributed by atoms with E-state index in [0.717, 1.165) is 36.8 Å². The lowest BCUT2D eigenvalue weighted by atomic mass is 10.1. The van der Waals surface area contributed by atoms with Gasteiger partial charge < -0.3 is 40.1 Å². The second-order valence-corrected chi connectivity index (χ2v) is 15.1. The Labute approximate surface area is 310 Å². The minimum Gasteiger partial charge on any atom is -0.508 e. The van der Waals surface area contributed by atoms with Crippen LogP contribution in [-0.4, -0.2) is 94.5 Å². The molecule has 12 nitrogen and oxygen atoms in total. The summed E-state index contributed by atoms with van der Waals surface area (Å²) in [6, 6.07) is 13.7. The molecule has 0 heterocycles. The predicted octanol–water partition coefficient (Wildman–Crippen LogP) is 6.71. The molecule has 0 spiro atoms. The number of aryl methyl sites for hydroxylation is 2. The summed E-state index contributed by atoms with van der Waals surface area (Å²) >= 11 is 0. The maximum Gasteiger partial charge on any atom is 0.410 e. The van der Waals surface area contributed by atoms with Crippen molar-refractivity contribution in [1.82, 2.24) is 20.4 Å². The predicted molar refractivity (Wildman–Crippen MR) is 202 cm³/mol. The Kier molecular flexibility index (Phi) is 18.9. The van der Waals surface area contributed by atoms with E-state index in [4.69, 9.17) is 9.47 Å². The molecule has 0 aliphatic rings. The smallest absolute Gasteiger partial charge is 0.410 e. The first kappa shape index (κ1) is 43.7. The van der Waals surface area contributed by atoms with Crippen LogP contribution in [0.3, 0.4) is 0 Å². The zero-order valence-corrected chi connectivity index (χ0v) is 32.2. The van der Waals surface area contributed by atoms with Gasteiger partial charge in [-0.15, -0.1) is 0 Å². The molecular formula is C40H62N4O8. The molecule has 2 aromatic rings. The molecule has 0 atom stereocenters. The normalized spacial score (nSPS) is 11.4. The van der Waals surface area contributed by atoms with Crippen molar-refractivity contribution >= 4 is 24.0 Å². The number of amides is 4. The van der Waals surface area contributed by atoms with Gasteiger partial charge in [-0.3, -0.25) is 9.59 Å². The van der Waals surface area contributed by atoms with Crippen molar-refractivity contribution < 1.29 is 38.9 Å². The molecule has 0 radical (unpaired) electrons. The van der Waals surface area contributed by atoms with Crippen LogP contribution in [0, 0.1) is 0 Å². The van der Waals surface area contributed by atoms with E-state index >= 15 is 0 Å². The summed E-state index contributed by atoms with van der Waals surface area (Å²) in [6.07, 6.45) is 5.30. The van der Waals surface area contributed by atoms with Gasteiger partial charge in [0.05, 0.1) is 0 Å². The number of carbonyl (C=O) groups is 4. The van der Waals surface area contributed by atoms with Crippen molar-refractivity contribution in [3.05, 3.63) is 59.7 Å². The number of phenolic OH excluding ortho intramolecular Hbond substituents is 2. The average molecular weight is 727 g/mol. The minimum atomic E-state index is -0.629. The number of hydrogen-bond donors (Lipinski definition) is 4. The third-order valence-electron chi connectivity index (χ3n) is 7.87. The maximum atomic E-state index is 13.0. The van der Waals surface area contributed by atoms with Crippen molar-refractivity contribution in [2.45, 2.75) is 117 Å². The van der Waals surface area contributed by atoms with Crippen LogP contribution in [0.5, 0.6) is 11.5 Å². The summed E-state index contributed by atoms with van der Waals surface area (Å²) in [5.41, 5.74) is 0.527. The van der Waals surface area contributed by atoms with Gasteiger partial charge in [-0.25, -0.2) is 9.59 Å². The van der Waals surface area contributed by atoms with Gasteiger partial charge in [0.25, 0.3) is 0 Å². The zero-order valence-electron chi connectivity index (χ0n) is 32.2. The third-order valence-corrected chi connectivity index (χ3v) is 7.87. The van der Waals surface area contributed by atoms with E-state index in [1.54, 1.807) is 46.2 Å². The summed E-state index contributed by atoms with van der Waals surface area (Å²) in [5.74, 6) is 0.186. The van der Waals surface area contributed by atoms with Gasteiger partial charge in [0.1, 0.15) is 22.7 Å². The SMILES string of the molecule is CC(C)(C)OC(=O)N(CCCCCCN(CCCNC(=O)CCc1cccc(O)c1)C(=O)OC(C)(C)C)CCCNC(=O)CCc1cccc(O)c1. The first-order chi connectivity index (χ1) is 24.5. The number of rotatable bonds is 21. The lowest BCUT2D eigenvalue weighted by Gasteiger charge is -2.28. The highest BCUT2D eigenvalue weighted by molar-refractivity contribution is 5.76. The standard InChI is InChI=1S/C40H62N4O8/c1-39(2,3)51-37(49)43(27-13-23-41-35(47)21-19-31-15-11-17-33(45)29-31)25-9-7-8-10-26-44(38(50)52-40(4,5)6)28-14-24-42-36(48)22-20-32-16-12-18-34(46)30-32/h11-12,15-18,29-30,45-46H,7-10,13-14,19-28H2,1-6H3,(H,41,47)(H,42,48). The van der Waals surface area contributed by atoms with Crippen LogP contribution >= 0.6 is 0 Å². The largest absolute Gasteiger partial charge is 0.508 e. The van der Waals surface area contributed by atoms with Gasteiger partial charge in [-0.1, -0.05) is 37.1 Å². The number of nitrogens with zero attached hydrogens (tertiary/aromatic N) is 2. The first-order valence-corrected chi connectivity index (χ1v) is 18.6. The second-order valence-electron chi connectivity index (χ2n) is 15.1. The molecule has 290 valence electrons. The van der Waals surface area contributed by atoms with Gasteiger partial charge in [-0.2, -0.15) is 0 Å². The summed E-state index contributed by atoms with van der Waals surface area (Å²) in [7, 11) is 0. The van der Waals surface area contributed by atoms with Crippen molar-refractivity contribution in [2.75, 3.05) is 39.3 Å². The molecule has 0 bridgehead atoms. The van der Waals surface area contributed by atoms with Crippen LogP contribution in [-0.2, 0) is 31.9 Å². The lowest BCUT2D eigenvalue weighted by Crippen LogP contribution is -2.39. The number of unbranched alkanes of at least 4 members (excludes halogenated alkanes) is 3. The van der Waals surface area contributed by atoms with Crippen molar-refractivity contribution in [1.29, 1.82) is 0 Å². The number of hydrogen-bond acceptors (Lipinski definition) is 8. The first-order valence-electron chi connectivity index (χ1n) is 18.6. The highest BCUT2D eigenvalue weighted by Gasteiger charge is 2.23. The maximum absolute atomic E-state index is 13.0. The van der Waals surface area contributed by atoms with Crippen LogP contribution in [0.25, 0.3) is 0 Å². The number of carbonyl (C=O) groups excluding carboxylic acids is 4. The van der Waals surface area contributed by atoms with E-state index in [1.165, 1.54) is 0 Å². The Morgan fingerprint density at radius 2 is 0.942 bits per heavy atom. The molecule has 4 amide bonds. The quantitative estimate of drug-likeness (QED) is 0.103. The fraction of sp³-hybridized carbons (Fsp3) is 0.600. The molecule has 0 saturated heterocycles. The van der Waals surface area contributed by atoms with Gasteiger partial charge in [0.15, 0.2) is 0 Å². The second kappa shape index (κ2) is 22.5. The van der Waals surface area contributed by atoms with E-state index in [1.807, 2.05) is 53.7 Å².